The van der Waals surface area contributed by atoms with Crippen molar-refractivity contribution in [2.24, 2.45) is 0 Å². The van der Waals surface area contributed by atoms with Gasteiger partial charge in [-0.2, -0.15) is 0 Å². The van der Waals surface area contributed by atoms with Crippen LogP contribution < -0.4 is 10.6 Å². The second-order valence-corrected chi connectivity index (χ2v) is 7.62. The lowest BCUT2D eigenvalue weighted by Gasteiger charge is -2.32. The molecule has 2 aliphatic rings. The minimum Gasteiger partial charge on any atom is -0.448 e. The Bertz CT molecular complexity index is 732. The van der Waals surface area contributed by atoms with Gasteiger partial charge in [0, 0.05) is 38.1 Å². The van der Waals surface area contributed by atoms with Crippen LogP contribution in [0.4, 0.5) is 0 Å². The Morgan fingerprint density at radius 3 is 2.78 bits per heavy atom. The Hall–Kier alpha value is -2.18. The van der Waals surface area contributed by atoms with E-state index in [1.165, 1.54) is 11.8 Å². The van der Waals surface area contributed by atoms with E-state index in [-0.39, 0.29) is 17.9 Å². The van der Waals surface area contributed by atoms with Gasteiger partial charge in [-0.1, -0.05) is 30.3 Å². The van der Waals surface area contributed by atoms with E-state index in [1.54, 1.807) is 0 Å². The SMILES string of the molecule is O=C(NC1CCN(Cc2ccccc2)CC1)c1coc(C2CCCNC2)n1. The lowest BCUT2D eigenvalue weighted by atomic mass is 10.00. The first kappa shape index (κ1) is 18.2. The number of likely N-dealkylation sites (tertiary alicyclic amines) is 1. The number of carbonyl (C=O) groups excluding carboxylic acids is 1. The first-order chi connectivity index (χ1) is 13.3. The predicted molar refractivity (Wildman–Crippen MR) is 104 cm³/mol. The summed E-state index contributed by atoms with van der Waals surface area (Å²) in [7, 11) is 0. The molecule has 2 N–H and O–H groups in total. The summed E-state index contributed by atoms with van der Waals surface area (Å²) in [5.74, 6) is 0.849. The average molecular weight is 368 g/mol. The van der Waals surface area contributed by atoms with Gasteiger partial charge in [-0.25, -0.2) is 4.98 Å². The number of carbonyl (C=O) groups is 1. The molecule has 0 saturated carbocycles. The summed E-state index contributed by atoms with van der Waals surface area (Å²) < 4.78 is 5.58. The number of nitrogens with one attached hydrogen (secondary N) is 2. The molecule has 0 radical (unpaired) electrons. The van der Waals surface area contributed by atoms with Gasteiger partial charge < -0.3 is 15.1 Å². The normalized spacial score (nSPS) is 21.9. The Balaban J connectivity index is 1.25. The maximum absolute atomic E-state index is 12.5. The quantitative estimate of drug-likeness (QED) is 0.849. The van der Waals surface area contributed by atoms with Gasteiger partial charge in [0.2, 0.25) is 0 Å². The summed E-state index contributed by atoms with van der Waals surface area (Å²) in [6.07, 6.45) is 5.63. The largest absolute Gasteiger partial charge is 0.448 e. The van der Waals surface area contributed by atoms with Crippen LogP contribution in [0.2, 0.25) is 0 Å². The second-order valence-electron chi connectivity index (χ2n) is 7.62. The fourth-order valence-electron chi connectivity index (χ4n) is 3.98. The molecule has 2 aromatic rings. The van der Waals surface area contributed by atoms with Crippen LogP contribution in [0, 0.1) is 0 Å². The molecule has 6 nitrogen and oxygen atoms in total. The van der Waals surface area contributed by atoms with E-state index in [2.05, 4.69) is 44.8 Å². The van der Waals surface area contributed by atoms with Gasteiger partial charge in [0.15, 0.2) is 11.6 Å². The van der Waals surface area contributed by atoms with Crippen molar-refractivity contribution in [3.05, 3.63) is 53.7 Å². The number of aromatic nitrogens is 1. The molecule has 0 spiro atoms. The van der Waals surface area contributed by atoms with E-state index in [9.17, 15) is 4.79 Å². The van der Waals surface area contributed by atoms with Crippen molar-refractivity contribution in [3.63, 3.8) is 0 Å². The van der Waals surface area contributed by atoms with Gasteiger partial charge in [0.25, 0.3) is 5.91 Å². The molecule has 0 aliphatic carbocycles. The van der Waals surface area contributed by atoms with Gasteiger partial charge in [0.1, 0.15) is 6.26 Å². The van der Waals surface area contributed by atoms with Crippen LogP contribution in [0.3, 0.4) is 0 Å². The first-order valence-corrected chi connectivity index (χ1v) is 10.0. The van der Waals surface area contributed by atoms with E-state index in [0.717, 1.165) is 58.4 Å². The fourth-order valence-corrected chi connectivity index (χ4v) is 3.98. The molecule has 3 heterocycles. The maximum atomic E-state index is 12.5. The summed E-state index contributed by atoms with van der Waals surface area (Å²) in [5.41, 5.74) is 1.75. The number of rotatable bonds is 5. The number of hydrogen-bond donors (Lipinski definition) is 2. The van der Waals surface area contributed by atoms with Gasteiger partial charge in [0.05, 0.1) is 0 Å². The van der Waals surface area contributed by atoms with E-state index < -0.39 is 0 Å². The molecule has 4 rings (SSSR count). The van der Waals surface area contributed by atoms with Crippen molar-refractivity contribution >= 4 is 5.91 Å². The lowest BCUT2D eigenvalue weighted by molar-refractivity contribution is 0.0904. The van der Waals surface area contributed by atoms with Gasteiger partial charge in [-0.05, 0) is 37.8 Å². The molecule has 0 bridgehead atoms. The van der Waals surface area contributed by atoms with Crippen molar-refractivity contribution in [2.45, 2.75) is 44.2 Å². The molecule has 2 saturated heterocycles. The molecule has 1 amide bonds. The highest BCUT2D eigenvalue weighted by molar-refractivity contribution is 5.92. The third-order valence-corrected chi connectivity index (χ3v) is 5.57. The minimum atomic E-state index is -0.115. The molecule has 1 unspecified atom stereocenters. The number of oxazole rings is 1. The van der Waals surface area contributed by atoms with Crippen molar-refractivity contribution in [2.75, 3.05) is 26.2 Å². The van der Waals surface area contributed by atoms with E-state index in [1.807, 2.05) is 6.07 Å². The highest BCUT2D eigenvalue weighted by Gasteiger charge is 2.25. The van der Waals surface area contributed by atoms with Crippen LogP contribution >= 0.6 is 0 Å². The van der Waals surface area contributed by atoms with Gasteiger partial charge in [-0.3, -0.25) is 9.69 Å². The Morgan fingerprint density at radius 1 is 1.22 bits per heavy atom. The standard InChI is InChI=1S/C21H28N4O2/c26-20(19-15-27-21(24-19)17-7-4-10-22-13-17)23-18-8-11-25(12-9-18)14-16-5-2-1-3-6-16/h1-3,5-6,15,17-18,22H,4,7-14H2,(H,23,26). The highest BCUT2D eigenvalue weighted by Crippen LogP contribution is 2.22. The molecule has 144 valence electrons. The number of hydrogen-bond acceptors (Lipinski definition) is 5. The summed E-state index contributed by atoms with van der Waals surface area (Å²) in [5, 5.41) is 6.49. The molecule has 27 heavy (non-hydrogen) atoms. The number of benzene rings is 1. The zero-order valence-electron chi connectivity index (χ0n) is 15.7. The van der Waals surface area contributed by atoms with Gasteiger partial charge in [-0.15, -0.1) is 0 Å². The zero-order chi connectivity index (χ0) is 18.5. The van der Waals surface area contributed by atoms with Crippen LogP contribution in [0.1, 0.15) is 53.5 Å². The molecule has 6 heteroatoms. The second kappa shape index (κ2) is 8.67. The molecule has 1 aromatic heterocycles. The topological polar surface area (TPSA) is 70.4 Å². The lowest BCUT2D eigenvalue weighted by Crippen LogP contribution is -2.44. The fraction of sp³-hybridized carbons (Fsp3) is 0.524. The smallest absolute Gasteiger partial charge is 0.273 e. The summed E-state index contributed by atoms with van der Waals surface area (Å²) in [4.78, 5) is 19.4. The van der Waals surface area contributed by atoms with Gasteiger partial charge >= 0.3 is 0 Å². The van der Waals surface area contributed by atoms with Crippen LogP contribution in [0.5, 0.6) is 0 Å². The van der Waals surface area contributed by atoms with Crippen molar-refractivity contribution in [1.29, 1.82) is 0 Å². The van der Waals surface area contributed by atoms with Crippen LogP contribution in [0.25, 0.3) is 0 Å². The van der Waals surface area contributed by atoms with Crippen molar-refractivity contribution in [3.8, 4) is 0 Å². The van der Waals surface area contributed by atoms with Crippen LogP contribution in [-0.4, -0.2) is 48.0 Å². The number of piperidine rings is 2. The third kappa shape index (κ3) is 4.76. The number of amides is 1. The molecular weight excluding hydrogens is 340 g/mol. The van der Waals surface area contributed by atoms with Crippen molar-refractivity contribution in [1.82, 2.24) is 20.5 Å². The molecule has 2 aliphatic heterocycles. The maximum Gasteiger partial charge on any atom is 0.273 e. The number of nitrogens with zero attached hydrogens (tertiary/aromatic N) is 2. The summed E-state index contributed by atoms with van der Waals surface area (Å²) >= 11 is 0. The van der Waals surface area contributed by atoms with E-state index in [0.29, 0.717) is 11.6 Å². The summed E-state index contributed by atoms with van der Waals surface area (Å²) in [6, 6.07) is 10.7. The van der Waals surface area contributed by atoms with Crippen LogP contribution in [0.15, 0.2) is 41.0 Å². The molecule has 1 aromatic carbocycles. The predicted octanol–water partition coefficient (Wildman–Crippen LogP) is 2.54. The van der Waals surface area contributed by atoms with E-state index >= 15 is 0 Å². The minimum absolute atomic E-state index is 0.115. The average Bonchev–Trinajstić information content (AvgIpc) is 3.21. The molecule has 2 fully saturated rings. The highest BCUT2D eigenvalue weighted by atomic mass is 16.3. The van der Waals surface area contributed by atoms with E-state index in [4.69, 9.17) is 4.42 Å². The Labute approximate surface area is 160 Å². The monoisotopic (exact) mass is 368 g/mol. The Kier molecular flexibility index (Phi) is 5.84. The Morgan fingerprint density at radius 2 is 2.04 bits per heavy atom. The van der Waals surface area contributed by atoms with Crippen molar-refractivity contribution < 1.29 is 9.21 Å². The zero-order valence-corrected chi connectivity index (χ0v) is 15.7. The molecular formula is C21H28N4O2. The van der Waals surface area contributed by atoms with Crippen LogP contribution in [-0.2, 0) is 6.54 Å². The third-order valence-electron chi connectivity index (χ3n) is 5.57. The first-order valence-electron chi connectivity index (χ1n) is 10.0. The summed E-state index contributed by atoms with van der Waals surface area (Å²) in [6.45, 7) is 4.90. The molecule has 1 atom stereocenters.